The van der Waals surface area contributed by atoms with E-state index in [1.54, 1.807) is 7.11 Å². The van der Waals surface area contributed by atoms with Crippen molar-refractivity contribution >= 4 is 11.6 Å². The third-order valence-electron chi connectivity index (χ3n) is 2.44. The number of ether oxygens (including phenoxy) is 1. The van der Waals surface area contributed by atoms with E-state index in [-0.39, 0.29) is 0 Å². The molecule has 0 saturated heterocycles. The molecule has 1 unspecified atom stereocenters. The van der Waals surface area contributed by atoms with Crippen molar-refractivity contribution in [2.75, 3.05) is 44.9 Å². The van der Waals surface area contributed by atoms with E-state index in [9.17, 15) is 0 Å². The standard InChI is InChI=1S/C13H25N5O/c1-6-14-11-7-12(15-10(2)8-18(3)4)17-13(16-11)9-19-5/h7,10H,6,8-9H2,1-5H3,(H2,14,15,16,17). The molecule has 6 nitrogen and oxygen atoms in total. The Morgan fingerprint density at radius 1 is 1.32 bits per heavy atom. The molecule has 0 spiro atoms. The Balaban J connectivity index is 2.79. The summed E-state index contributed by atoms with van der Waals surface area (Å²) in [5, 5.41) is 6.59. The van der Waals surface area contributed by atoms with E-state index in [0.717, 1.165) is 24.7 Å². The molecular formula is C13H25N5O. The molecule has 6 heteroatoms. The molecule has 0 bridgehead atoms. The second-order valence-corrected chi connectivity index (χ2v) is 4.83. The van der Waals surface area contributed by atoms with E-state index in [2.05, 4.69) is 46.5 Å². The van der Waals surface area contributed by atoms with Gasteiger partial charge in [0.05, 0.1) is 0 Å². The van der Waals surface area contributed by atoms with Crippen molar-refractivity contribution in [1.29, 1.82) is 0 Å². The normalized spacial score (nSPS) is 12.5. The van der Waals surface area contributed by atoms with Crippen molar-refractivity contribution < 1.29 is 4.74 Å². The largest absolute Gasteiger partial charge is 0.377 e. The van der Waals surface area contributed by atoms with E-state index in [4.69, 9.17) is 4.74 Å². The monoisotopic (exact) mass is 267 g/mol. The number of rotatable bonds is 8. The van der Waals surface area contributed by atoms with Crippen molar-refractivity contribution in [3.05, 3.63) is 11.9 Å². The minimum atomic E-state index is 0.315. The number of aromatic nitrogens is 2. The summed E-state index contributed by atoms with van der Waals surface area (Å²) in [4.78, 5) is 11.0. The first-order valence-electron chi connectivity index (χ1n) is 6.57. The van der Waals surface area contributed by atoms with Gasteiger partial charge in [-0.3, -0.25) is 0 Å². The highest BCUT2D eigenvalue weighted by Crippen LogP contribution is 2.13. The van der Waals surface area contributed by atoms with Gasteiger partial charge in [-0.15, -0.1) is 0 Å². The maximum Gasteiger partial charge on any atom is 0.158 e. The molecule has 1 heterocycles. The average Bonchev–Trinajstić information content (AvgIpc) is 2.28. The molecule has 1 atom stereocenters. The molecule has 1 aromatic rings. The van der Waals surface area contributed by atoms with Crippen LogP contribution in [0.4, 0.5) is 11.6 Å². The highest BCUT2D eigenvalue weighted by Gasteiger charge is 2.08. The number of hydrogen-bond acceptors (Lipinski definition) is 6. The number of likely N-dealkylation sites (N-methyl/N-ethyl adjacent to an activating group) is 1. The molecule has 0 aliphatic rings. The number of hydrogen-bond donors (Lipinski definition) is 2. The molecule has 2 N–H and O–H groups in total. The topological polar surface area (TPSA) is 62.3 Å². The van der Waals surface area contributed by atoms with Gasteiger partial charge in [0.1, 0.15) is 18.2 Å². The number of methoxy groups -OCH3 is 1. The minimum absolute atomic E-state index is 0.315. The van der Waals surface area contributed by atoms with Crippen LogP contribution in [0.2, 0.25) is 0 Å². The van der Waals surface area contributed by atoms with Crippen molar-refractivity contribution in [2.24, 2.45) is 0 Å². The summed E-state index contributed by atoms with van der Waals surface area (Å²) in [5.41, 5.74) is 0. The first-order valence-corrected chi connectivity index (χ1v) is 6.57. The quantitative estimate of drug-likeness (QED) is 0.743. The Labute approximate surface area is 115 Å². The van der Waals surface area contributed by atoms with Crippen LogP contribution in [0.1, 0.15) is 19.7 Å². The molecule has 19 heavy (non-hydrogen) atoms. The van der Waals surface area contributed by atoms with Crippen LogP contribution >= 0.6 is 0 Å². The van der Waals surface area contributed by atoms with Gasteiger partial charge < -0.3 is 20.3 Å². The summed E-state index contributed by atoms with van der Waals surface area (Å²) in [7, 11) is 5.75. The van der Waals surface area contributed by atoms with Gasteiger partial charge in [-0.2, -0.15) is 0 Å². The van der Waals surface area contributed by atoms with Crippen LogP contribution in [0.3, 0.4) is 0 Å². The molecule has 0 radical (unpaired) electrons. The van der Waals surface area contributed by atoms with Gasteiger partial charge in [-0.05, 0) is 27.9 Å². The first-order chi connectivity index (χ1) is 9.05. The van der Waals surface area contributed by atoms with E-state index >= 15 is 0 Å². The lowest BCUT2D eigenvalue weighted by atomic mass is 10.3. The maximum absolute atomic E-state index is 5.10. The van der Waals surface area contributed by atoms with Crippen molar-refractivity contribution in [3.8, 4) is 0 Å². The SMILES string of the molecule is CCNc1cc(NC(C)CN(C)C)nc(COC)n1. The number of nitrogens with one attached hydrogen (secondary N) is 2. The third-order valence-corrected chi connectivity index (χ3v) is 2.44. The lowest BCUT2D eigenvalue weighted by molar-refractivity contribution is 0.178. The van der Waals surface area contributed by atoms with Crippen LogP contribution in [-0.4, -0.2) is 55.2 Å². The summed E-state index contributed by atoms with van der Waals surface area (Å²) in [6.07, 6.45) is 0. The first kappa shape index (κ1) is 15.7. The van der Waals surface area contributed by atoms with Gasteiger partial charge >= 0.3 is 0 Å². The van der Waals surface area contributed by atoms with Crippen LogP contribution in [0.25, 0.3) is 0 Å². The molecule has 0 fully saturated rings. The van der Waals surface area contributed by atoms with Crippen molar-refractivity contribution in [3.63, 3.8) is 0 Å². The fourth-order valence-electron chi connectivity index (χ4n) is 1.88. The second-order valence-electron chi connectivity index (χ2n) is 4.83. The average molecular weight is 267 g/mol. The maximum atomic E-state index is 5.10. The minimum Gasteiger partial charge on any atom is -0.377 e. The lowest BCUT2D eigenvalue weighted by Crippen LogP contribution is -2.30. The predicted octanol–water partition coefficient (Wildman–Crippen LogP) is 1.42. The molecule has 0 amide bonds. The van der Waals surface area contributed by atoms with E-state index in [1.165, 1.54) is 0 Å². The number of anilines is 2. The Hall–Kier alpha value is -1.40. The van der Waals surface area contributed by atoms with E-state index in [0.29, 0.717) is 18.5 Å². The van der Waals surface area contributed by atoms with Gasteiger partial charge in [0.25, 0.3) is 0 Å². The van der Waals surface area contributed by atoms with Gasteiger partial charge in [0.2, 0.25) is 0 Å². The Morgan fingerprint density at radius 2 is 2.00 bits per heavy atom. The Morgan fingerprint density at radius 3 is 2.58 bits per heavy atom. The zero-order valence-electron chi connectivity index (χ0n) is 12.5. The van der Waals surface area contributed by atoms with Crippen LogP contribution in [0, 0.1) is 0 Å². The highest BCUT2D eigenvalue weighted by molar-refractivity contribution is 5.48. The summed E-state index contributed by atoms with van der Waals surface area (Å²) in [5.74, 6) is 2.33. The van der Waals surface area contributed by atoms with Crippen LogP contribution in [-0.2, 0) is 11.3 Å². The molecule has 108 valence electrons. The van der Waals surface area contributed by atoms with E-state index < -0.39 is 0 Å². The van der Waals surface area contributed by atoms with Gasteiger partial charge in [-0.25, -0.2) is 9.97 Å². The molecule has 0 aliphatic heterocycles. The summed E-state index contributed by atoms with van der Waals surface area (Å²) in [6, 6.07) is 2.24. The van der Waals surface area contributed by atoms with Crippen molar-refractivity contribution in [1.82, 2.24) is 14.9 Å². The van der Waals surface area contributed by atoms with E-state index in [1.807, 2.05) is 13.0 Å². The lowest BCUT2D eigenvalue weighted by Gasteiger charge is -2.19. The molecule has 1 rings (SSSR count). The van der Waals surface area contributed by atoms with Gasteiger partial charge in [-0.1, -0.05) is 0 Å². The number of nitrogens with zero attached hydrogens (tertiary/aromatic N) is 3. The Kier molecular flexibility index (Phi) is 6.52. The molecule has 1 aromatic heterocycles. The van der Waals surface area contributed by atoms with Crippen LogP contribution < -0.4 is 10.6 Å². The molecule has 0 aromatic carbocycles. The van der Waals surface area contributed by atoms with Crippen molar-refractivity contribution in [2.45, 2.75) is 26.5 Å². The smallest absolute Gasteiger partial charge is 0.158 e. The Bertz CT molecular complexity index is 359. The molecule has 0 aliphatic carbocycles. The summed E-state index contributed by atoms with van der Waals surface area (Å²) >= 11 is 0. The highest BCUT2D eigenvalue weighted by atomic mass is 16.5. The van der Waals surface area contributed by atoms with Gasteiger partial charge in [0.15, 0.2) is 5.82 Å². The molecular weight excluding hydrogens is 242 g/mol. The molecule has 0 saturated carbocycles. The zero-order valence-corrected chi connectivity index (χ0v) is 12.5. The zero-order chi connectivity index (χ0) is 14.3. The fourth-order valence-corrected chi connectivity index (χ4v) is 1.88. The summed E-state index contributed by atoms with van der Waals surface area (Å²) in [6.45, 7) is 6.36. The van der Waals surface area contributed by atoms with Gasteiger partial charge in [0, 0.05) is 32.3 Å². The van der Waals surface area contributed by atoms with Crippen LogP contribution in [0.15, 0.2) is 6.07 Å². The fraction of sp³-hybridized carbons (Fsp3) is 0.692. The third kappa shape index (κ3) is 5.85. The van der Waals surface area contributed by atoms with Crippen LogP contribution in [0.5, 0.6) is 0 Å². The second kappa shape index (κ2) is 7.91. The predicted molar refractivity (Wildman–Crippen MR) is 78.5 cm³/mol. The summed E-state index contributed by atoms with van der Waals surface area (Å²) < 4.78 is 5.10.